The molecule has 158 valence electrons. The van der Waals surface area contributed by atoms with E-state index in [-0.39, 0.29) is 36.2 Å². The second kappa shape index (κ2) is 8.56. The number of H-pyrrole nitrogens is 1. The van der Waals surface area contributed by atoms with Crippen molar-refractivity contribution in [2.45, 2.75) is 38.3 Å². The highest BCUT2D eigenvalue weighted by Crippen LogP contribution is 2.28. The van der Waals surface area contributed by atoms with Crippen LogP contribution in [0.15, 0.2) is 30.6 Å². The molecule has 0 radical (unpaired) electrons. The summed E-state index contributed by atoms with van der Waals surface area (Å²) in [5.41, 5.74) is 1.85. The van der Waals surface area contributed by atoms with Crippen LogP contribution in [0.2, 0.25) is 0 Å². The Morgan fingerprint density at radius 2 is 2.03 bits per heavy atom. The van der Waals surface area contributed by atoms with Crippen LogP contribution in [-0.4, -0.2) is 64.6 Å². The normalized spacial score (nSPS) is 22.4. The van der Waals surface area contributed by atoms with Crippen molar-refractivity contribution < 1.29 is 19.1 Å². The van der Waals surface area contributed by atoms with E-state index in [0.717, 1.165) is 5.56 Å². The van der Waals surface area contributed by atoms with Gasteiger partial charge in [-0.25, -0.2) is 0 Å². The number of fused-ring (bicyclic) bond motifs is 4. The van der Waals surface area contributed by atoms with Gasteiger partial charge in [0.15, 0.2) is 0 Å². The first kappa shape index (κ1) is 19.9. The Morgan fingerprint density at radius 3 is 2.83 bits per heavy atom. The lowest BCUT2D eigenvalue weighted by Crippen LogP contribution is -2.47. The first-order valence-corrected chi connectivity index (χ1v) is 10.1. The second-order valence-corrected chi connectivity index (χ2v) is 7.68. The number of amides is 3. The minimum absolute atomic E-state index is 0.126. The van der Waals surface area contributed by atoms with Crippen LogP contribution < -0.4 is 15.4 Å². The highest BCUT2D eigenvalue weighted by atomic mass is 16.5. The van der Waals surface area contributed by atoms with Gasteiger partial charge in [-0.2, -0.15) is 5.10 Å². The van der Waals surface area contributed by atoms with Crippen molar-refractivity contribution in [3.05, 3.63) is 47.3 Å². The molecule has 2 atom stereocenters. The second-order valence-electron chi connectivity index (χ2n) is 7.68. The Hall–Kier alpha value is -3.36. The zero-order valence-corrected chi connectivity index (χ0v) is 16.8. The molecular weight excluding hydrogens is 386 g/mol. The smallest absolute Gasteiger partial charge is 0.257 e. The fourth-order valence-corrected chi connectivity index (χ4v) is 4.06. The van der Waals surface area contributed by atoms with E-state index in [0.29, 0.717) is 49.4 Å². The first-order valence-electron chi connectivity index (χ1n) is 10.1. The minimum Gasteiger partial charge on any atom is -0.491 e. The van der Waals surface area contributed by atoms with Gasteiger partial charge in [0.25, 0.3) is 11.8 Å². The monoisotopic (exact) mass is 411 g/mol. The van der Waals surface area contributed by atoms with Crippen molar-refractivity contribution >= 4 is 17.7 Å². The molecule has 2 aromatic rings. The Kier molecular flexibility index (Phi) is 5.69. The summed E-state index contributed by atoms with van der Waals surface area (Å²) in [6.45, 7) is 2.86. The summed E-state index contributed by atoms with van der Waals surface area (Å²) in [7, 11) is 0. The van der Waals surface area contributed by atoms with Crippen molar-refractivity contribution in [2.75, 3.05) is 19.7 Å². The molecule has 30 heavy (non-hydrogen) atoms. The molecule has 1 aromatic carbocycles. The third-order valence-electron chi connectivity index (χ3n) is 5.65. The van der Waals surface area contributed by atoms with E-state index in [1.807, 2.05) is 13.0 Å². The van der Waals surface area contributed by atoms with Crippen molar-refractivity contribution in [3.63, 3.8) is 0 Å². The molecule has 0 unspecified atom stereocenters. The SMILES string of the molecule is Cc1ccc2cc1OCCNC(=O)C[C@@H]1CC[C@H](CNC2=O)N1C(=O)c1cn[nH]c1. The molecule has 9 heteroatoms. The molecule has 1 aromatic heterocycles. The predicted octanol–water partition coefficient (Wildman–Crippen LogP) is 1.02. The molecule has 2 aliphatic rings. The van der Waals surface area contributed by atoms with Gasteiger partial charge >= 0.3 is 0 Å². The summed E-state index contributed by atoms with van der Waals surface area (Å²) < 4.78 is 5.75. The standard InChI is InChI=1S/C21H25N5O4/c1-13-2-3-14-8-18(13)30-7-6-22-19(27)9-16-4-5-17(12-23-20(14)28)26(16)21(29)15-10-24-25-11-15/h2-3,8,10-11,16-17H,4-7,9,12H2,1H3,(H,22,27)(H,23,28)(H,24,25)/t16-,17+/m0/s1. The van der Waals surface area contributed by atoms with Crippen molar-refractivity contribution in [2.24, 2.45) is 0 Å². The summed E-state index contributed by atoms with van der Waals surface area (Å²) in [5.74, 6) is 0.0790. The fraction of sp³-hybridized carbons (Fsp3) is 0.429. The fourth-order valence-electron chi connectivity index (χ4n) is 4.06. The molecule has 1 fully saturated rings. The molecule has 2 aliphatic heterocycles. The van der Waals surface area contributed by atoms with E-state index in [4.69, 9.17) is 4.74 Å². The maximum atomic E-state index is 13.1. The summed E-state index contributed by atoms with van der Waals surface area (Å²) in [4.78, 5) is 40.0. The lowest BCUT2D eigenvalue weighted by atomic mass is 10.1. The Bertz CT molecular complexity index is 943. The van der Waals surface area contributed by atoms with Gasteiger partial charge in [0.05, 0.1) is 18.3 Å². The molecule has 0 saturated carbocycles. The number of ether oxygens (including phenoxy) is 1. The Labute approximate surface area is 174 Å². The molecule has 1 saturated heterocycles. The number of carbonyl (C=O) groups excluding carboxylic acids is 3. The number of nitrogens with zero attached hydrogens (tertiary/aromatic N) is 2. The third-order valence-corrected chi connectivity index (χ3v) is 5.65. The largest absolute Gasteiger partial charge is 0.491 e. The molecule has 9 nitrogen and oxygen atoms in total. The van der Waals surface area contributed by atoms with Crippen molar-refractivity contribution in [3.8, 4) is 5.75 Å². The van der Waals surface area contributed by atoms with Crippen LogP contribution in [0, 0.1) is 6.92 Å². The van der Waals surface area contributed by atoms with Crippen LogP contribution in [0.1, 0.15) is 45.5 Å². The van der Waals surface area contributed by atoms with Gasteiger partial charge in [0.1, 0.15) is 12.4 Å². The number of hydrogen-bond acceptors (Lipinski definition) is 5. The quantitative estimate of drug-likeness (QED) is 0.648. The topological polar surface area (TPSA) is 116 Å². The third kappa shape index (κ3) is 4.14. The minimum atomic E-state index is -0.233. The molecule has 0 spiro atoms. The van der Waals surface area contributed by atoms with E-state index in [2.05, 4.69) is 20.8 Å². The van der Waals surface area contributed by atoms with E-state index in [9.17, 15) is 14.4 Å². The highest BCUT2D eigenvalue weighted by molar-refractivity contribution is 5.96. The van der Waals surface area contributed by atoms with Gasteiger partial charge < -0.3 is 20.3 Å². The van der Waals surface area contributed by atoms with Crippen LogP contribution >= 0.6 is 0 Å². The number of aryl methyl sites for hydroxylation is 1. The van der Waals surface area contributed by atoms with Gasteiger partial charge in [0.2, 0.25) is 5.91 Å². The van der Waals surface area contributed by atoms with Crippen LogP contribution in [0.5, 0.6) is 5.75 Å². The molecule has 4 rings (SSSR count). The summed E-state index contributed by atoms with van der Waals surface area (Å²) in [6.07, 6.45) is 4.63. The van der Waals surface area contributed by atoms with Crippen molar-refractivity contribution in [1.82, 2.24) is 25.7 Å². The summed E-state index contributed by atoms with van der Waals surface area (Å²) >= 11 is 0. The average Bonchev–Trinajstić information content (AvgIpc) is 3.40. The lowest BCUT2D eigenvalue weighted by Gasteiger charge is -2.30. The summed E-state index contributed by atoms with van der Waals surface area (Å²) in [5, 5.41) is 12.3. The van der Waals surface area contributed by atoms with Crippen LogP contribution in [-0.2, 0) is 4.79 Å². The molecule has 3 amide bonds. The average molecular weight is 411 g/mol. The van der Waals surface area contributed by atoms with E-state index in [1.165, 1.54) is 6.20 Å². The van der Waals surface area contributed by atoms with Crippen molar-refractivity contribution in [1.29, 1.82) is 0 Å². The predicted molar refractivity (Wildman–Crippen MR) is 108 cm³/mol. The van der Waals surface area contributed by atoms with Gasteiger partial charge in [-0.3, -0.25) is 19.5 Å². The van der Waals surface area contributed by atoms with E-state index >= 15 is 0 Å². The lowest BCUT2D eigenvalue weighted by molar-refractivity contribution is -0.122. The molecular formula is C21H25N5O4. The highest BCUT2D eigenvalue weighted by Gasteiger charge is 2.38. The molecule has 3 N–H and O–H groups in total. The first-order chi connectivity index (χ1) is 14.5. The maximum Gasteiger partial charge on any atom is 0.257 e. The number of aromatic nitrogens is 2. The van der Waals surface area contributed by atoms with Gasteiger partial charge in [0, 0.05) is 36.8 Å². The molecule has 0 aliphatic carbocycles. The van der Waals surface area contributed by atoms with E-state index in [1.54, 1.807) is 23.2 Å². The number of rotatable bonds is 1. The Morgan fingerprint density at radius 1 is 1.20 bits per heavy atom. The van der Waals surface area contributed by atoms with Gasteiger partial charge in [-0.1, -0.05) is 6.07 Å². The van der Waals surface area contributed by atoms with E-state index < -0.39 is 0 Å². The van der Waals surface area contributed by atoms with Crippen LogP contribution in [0.4, 0.5) is 0 Å². The number of aromatic amines is 1. The molecule has 3 heterocycles. The molecule has 4 bridgehead atoms. The summed E-state index contributed by atoms with van der Waals surface area (Å²) in [6, 6.07) is 4.87. The number of hydrogen-bond donors (Lipinski definition) is 3. The van der Waals surface area contributed by atoms with Gasteiger partial charge in [-0.15, -0.1) is 0 Å². The number of benzene rings is 1. The number of nitrogens with one attached hydrogen (secondary N) is 3. The van der Waals surface area contributed by atoms with Gasteiger partial charge in [-0.05, 0) is 37.5 Å². The zero-order valence-electron chi connectivity index (χ0n) is 16.8. The Balaban J connectivity index is 1.60. The number of carbonyl (C=O) groups is 3. The zero-order chi connectivity index (χ0) is 21.1. The van der Waals surface area contributed by atoms with Crippen LogP contribution in [0.25, 0.3) is 0 Å². The maximum absolute atomic E-state index is 13.1. The van der Waals surface area contributed by atoms with Crippen LogP contribution in [0.3, 0.4) is 0 Å².